The summed E-state index contributed by atoms with van der Waals surface area (Å²) in [4.78, 5) is 0. The Morgan fingerprint density at radius 1 is 1.41 bits per heavy atom. The Hall–Kier alpha value is -0.930. The van der Waals surface area contributed by atoms with Crippen LogP contribution in [0.4, 0.5) is 0 Å². The van der Waals surface area contributed by atoms with Crippen molar-refractivity contribution >= 4 is 22.7 Å². The van der Waals surface area contributed by atoms with Gasteiger partial charge in [-0.25, -0.2) is 0 Å². The van der Waals surface area contributed by atoms with Gasteiger partial charge in [0.1, 0.15) is 0 Å². The first-order valence-electron chi connectivity index (χ1n) is 6.18. The molecule has 1 fully saturated rings. The van der Waals surface area contributed by atoms with E-state index in [0.29, 0.717) is 6.04 Å². The molecule has 90 valence electrons. The number of hydrogen-bond donors (Lipinski definition) is 1. The van der Waals surface area contributed by atoms with Crippen LogP contribution in [0.5, 0.6) is 0 Å². The summed E-state index contributed by atoms with van der Waals surface area (Å²) in [5.74, 6) is 2.58. The van der Waals surface area contributed by atoms with Gasteiger partial charge < -0.3 is 9.88 Å². The average molecular weight is 246 g/mol. The van der Waals surface area contributed by atoms with E-state index in [1.807, 2.05) is 0 Å². The number of aromatic nitrogens is 1. The third-order valence-electron chi connectivity index (χ3n) is 3.49. The highest BCUT2D eigenvalue weighted by Gasteiger charge is 2.15. The van der Waals surface area contributed by atoms with Gasteiger partial charge in [-0.2, -0.15) is 11.8 Å². The minimum absolute atomic E-state index is 0.707. The maximum Gasteiger partial charge on any atom is 0.0481 e. The molecule has 0 amide bonds. The highest BCUT2D eigenvalue weighted by Crippen LogP contribution is 2.22. The predicted octanol–water partition coefficient (Wildman–Crippen LogP) is 2.77. The molecule has 0 spiro atoms. The first-order valence-corrected chi connectivity index (χ1v) is 7.34. The molecule has 1 aromatic heterocycles. The molecular weight excluding hydrogens is 228 g/mol. The van der Waals surface area contributed by atoms with Crippen molar-refractivity contribution in [2.45, 2.75) is 19.0 Å². The van der Waals surface area contributed by atoms with Gasteiger partial charge in [-0.05, 0) is 23.8 Å². The Morgan fingerprint density at radius 3 is 3.12 bits per heavy atom. The Morgan fingerprint density at radius 2 is 2.29 bits per heavy atom. The van der Waals surface area contributed by atoms with Crippen LogP contribution in [-0.2, 0) is 13.6 Å². The minimum atomic E-state index is 0.707. The Labute approximate surface area is 106 Å². The number of aryl methyl sites for hydroxylation is 1. The topological polar surface area (TPSA) is 17.0 Å². The lowest BCUT2D eigenvalue weighted by atomic mass is 10.1. The molecule has 1 N–H and O–H groups in total. The summed E-state index contributed by atoms with van der Waals surface area (Å²) in [6.07, 6.45) is 3.56. The largest absolute Gasteiger partial charge is 0.350 e. The van der Waals surface area contributed by atoms with Crippen LogP contribution in [0.25, 0.3) is 10.9 Å². The van der Waals surface area contributed by atoms with Gasteiger partial charge in [0.15, 0.2) is 0 Å². The molecule has 1 aromatic carbocycles. The maximum atomic E-state index is 3.67. The van der Waals surface area contributed by atoms with Crippen LogP contribution < -0.4 is 5.32 Å². The lowest BCUT2D eigenvalue weighted by Crippen LogP contribution is -2.27. The number of nitrogens with one attached hydrogen (secondary N) is 1. The number of hydrogen-bond acceptors (Lipinski definition) is 2. The molecule has 2 heterocycles. The second kappa shape index (κ2) is 4.75. The van der Waals surface area contributed by atoms with Gasteiger partial charge in [0, 0.05) is 42.5 Å². The van der Waals surface area contributed by atoms with E-state index in [2.05, 4.69) is 59.2 Å². The fraction of sp³-hybridized carbons (Fsp3) is 0.429. The summed E-state index contributed by atoms with van der Waals surface area (Å²) in [5, 5.41) is 5.05. The number of nitrogens with zero attached hydrogens (tertiary/aromatic N) is 1. The van der Waals surface area contributed by atoms with Gasteiger partial charge in [0.25, 0.3) is 0 Å². The van der Waals surface area contributed by atoms with Crippen molar-refractivity contribution in [1.29, 1.82) is 0 Å². The normalized spacial score (nSPS) is 20.2. The second-order valence-corrected chi connectivity index (χ2v) is 5.87. The van der Waals surface area contributed by atoms with Crippen LogP contribution in [0.1, 0.15) is 12.0 Å². The molecule has 3 heteroatoms. The van der Waals surface area contributed by atoms with E-state index in [-0.39, 0.29) is 0 Å². The van der Waals surface area contributed by atoms with Gasteiger partial charge in [-0.15, -0.1) is 0 Å². The third kappa shape index (κ3) is 2.22. The van der Waals surface area contributed by atoms with Gasteiger partial charge in [0.05, 0.1) is 0 Å². The molecule has 2 aromatic rings. The molecule has 0 radical (unpaired) electrons. The standard InChI is InChI=1S/C14H18N2S/c1-16-9-11(8-15-12-6-7-17-10-12)13-4-2-3-5-14(13)16/h2-5,9,12,15H,6-8,10H2,1H3. The molecule has 0 aliphatic carbocycles. The van der Waals surface area contributed by atoms with Crippen LogP contribution in [0.2, 0.25) is 0 Å². The van der Waals surface area contributed by atoms with E-state index >= 15 is 0 Å². The Balaban J connectivity index is 1.80. The highest BCUT2D eigenvalue weighted by atomic mass is 32.2. The van der Waals surface area contributed by atoms with Gasteiger partial charge in [-0.1, -0.05) is 18.2 Å². The van der Waals surface area contributed by atoms with Crippen LogP contribution >= 0.6 is 11.8 Å². The monoisotopic (exact) mass is 246 g/mol. The van der Waals surface area contributed by atoms with Crippen LogP contribution in [-0.4, -0.2) is 22.1 Å². The van der Waals surface area contributed by atoms with E-state index in [1.165, 1.54) is 34.4 Å². The SMILES string of the molecule is Cn1cc(CNC2CCSC2)c2ccccc21. The molecule has 1 aliphatic heterocycles. The van der Waals surface area contributed by atoms with E-state index in [9.17, 15) is 0 Å². The molecule has 0 bridgehead atoms. The Kier molecular flexibility index (Phi) is 3.12. The number of benzene rings is 1. The summed E-state index contributed by atoms with van der Waals surface area (Å²) in [6, 6.07) is 9.34. The Bertz CT molecular complexity index is 512. The number of para-hydroxylation sites is 1. The van der Waals surface area contributed by atoms with E-state index in [4.69, 9.17) is 0 Å². The number of thioether (sulfide) groups is 1. The average Bonchev–Trinajstić information content (AvgIpc) is 2.96. The predicted molar refractivity (Wildman–Crippen MR) is 75.5 cm³/mol. The van der Waals surface area contributed by atoms with Crippen molar-refractivity contribution in [3.8, 4) is 0 Å². The first kappa shape index (κ1) is 11.2. The summed E-state index contributed by atoms with van der Waals surface area (Å²) in [7, 11) is 2.12. The summed E-state index contributed by atoms with van der Waals surface area (Å²) in [6.45, 7) is 0.993. The molecule has 1 unspecified atom stereocenters. The minimum Gasteiger partial charge on any atom is -0.350 e. The molecule has 2 nitrogen and oxygen atoms in total. The first-order chi connectivity index (χ1) is 8.34. The lowest BCUT2D eigenvalue weighted by Gasteiger charge is -2.10. The lowest BCUT2D eigenvalue weighted by molar-refractivity contribution is 0.559. The molecule has 0 saturated carbocycles. The summed E-state index contributed by atoms with van der Waals surface area (Å²) < 4.78 is 2.22. The number of fused-ring (bicyclic) bond motifs is 1. The van der Waals surface area contributed by atoms with E-state index in [1.54, 1.807) is 0 Å². The molecule has 3 rings (SSSR count). The van der Waals surface area contributed by atoms with Crippen molar-refractivity contribution in [3.63, 3.8) is 0 Å². The third-order valence-corrected chi connectivity index (χ3v) is 4.65. The van der Waals surface area contributed by atoms with Crippen molar-refractivity contribution < 1.29 is 0 Å². The quantitative estimate of drug-likeness (QED) is 0.897. The summed E-state index contributed by atoms with van der Waals surface area (Å²) >= 11 is 2.06. The zero-order chi connectivity index (χ0) is 11.7. The maximum absolute atomic E-state index is 3.67. The summed E-state index contributed by atoms with van der Waals surface area (Å²) in [5.41, 5.74) is 2.74. The van der Waals surface area contributed by atoms with Crippen molar-refractivity contribution in [1.82, 2.24) is 9.88 Å². The zero-order valence-corrected chi connectivity index (χ0v) is 11.0. The molecular formula is C14H18N2S. The fourth-order valence-corrected chi connectivity index (χ4v) is 3.70. The van der Waals surface area contributed by atoms with Crippen LogP contribution in [0.3, 0.4) is 0 Å². The molecule has 1 aliphatic rings. The van der Waals surface area contributed by atoms with Crippen molar-refractivity contribution in [3.05, 3.63) is 36.0 Å². The van der Waals surface area contributed by atoms with Crippen molar-refractivity contribution in [2.24, 2.45) is 7.05 Å². The van der Waals surface area contributed by atoms with Crippen LogP contribution in [0.15, 0.2) is 30.5 Å². The van der Waals surface area contributed by atoms with Crippen LogP contribution in [0, 0.1) is 0 Å². The smallest absolute Gasteiger partial charge is 0.0481 e. The number of rotatable bonds is 3. The molecule has 1 atom stereocenters. The van der Waals surface area contributed by atoms with E-state index < -0.39 is 0 Å². The van der Waals surface area contributed by atoms with Crippen molar-refractivity contribution in [2.75, 3.05) is 11.5 Å². The molecule has 1 saturated heterocycles. The fourth-order valence-electron chi connectivity index (χ4n) is 2.52. The van der Waals surface area contributed by atoms with E-state index in [0.717, 1.165) is 6.54 Å². The second-order valence-electron chi connectivity index (χ2n) is 4.72. The van der Waals surface area contributed by atoms with Gasteiger partial charge in [-0.3, -0.25) is 0 Å². The van der Waals surface area contributed by atoms with Gasteiger partial charge in [0.2, 0.25) is 0 Å². The van der Waals surface area contributed by atoms with Gasteiger partial charge >= 0.3 is 0 Å². The highest BCUT2D eigenvalue weighted by molar-refractivity contribution is 7.99. The zero-order valence-electron chi connectivity index (χ0n) is 10.1. The molecule has 17 heavy (non-hydrogen) atoms.